The van der Waals surface area contributed by atoms with Gasteiger partial charge in [-0.15, -0.1) is 0 Å². The number of nitrogens with zero attached hydrogens (tertiary/aromatic N) is 4. The summed E-state index contributed by atoms with van der Waals surface area (Å²) in [5.74, 6) is 0.936. The predicted octanol–water partition coefficient (Wildman–Crippen LogP) is 1.45. The van der Waals surface area contributed by atoms with Gasteiger partial charge in [0.05, 0.1) is 0 Å². The van der Waals surface area contributed by atoms with Crippen LogP contribution in [0.2, 0.25) is 0 Å². The summed E-state index contributed by atoms with van der Waals surface area (Å²) >= 11 is 0. The molecule has 0 amide bonds. The third-order valence-electron chi connectivity index (χ3n) is 6.03. The molecule has 2 atom stereocenters. The molecule has 0 saturated carbocycles. The normalized spacial score (nSPS) is 25.6. The fraction of sp³-hybridized carbons (Fsp3) is 0.682. The molecule has 0 radical (unpaired) electrons. The third-order valence-corrected chi connectivity index (χ3v) is 6.03. The Morgan fingerprint density at radius 3 is 2.75 bits per heavy atom. The minimum absolute atomic E-state index is 0.455. The van der Waals surface area contributed by atoms with E-state index in [4.69, 9.17) is 0 Å². The lowest BCUT2D eigenvalue weighted by atomic mass is 10.2. The Labute approximate surface area is 171 Å². The molecule has 1 aromatic rings. The molecule has 0 aromatic heterocycles. The van der Waals surface area contributed by atoms with E-state index in [0.29, 0.717) is 12.1 Å². The van der Waals surface area contributed by atoms with Gasteiger partial charge in [0.25, 0.3) is 0 Å². The number of aliphatic imine (C=N–C) groups is 1. The number of likely N-dealkylation sites (N-methyl/N-ethyl adjacent to an activating group) is 1. The van der Waals surface area contributed by atoms with Crippen molar-refractivity contribution in [3.63, 3.8) is 0 Å². The summed E-state index contributed by atoms with van der Waals surface area (Å²) in [4.78, 5) is 12.0. The first kappa shape index (κ1) is 21.1. The van der Waals surface area contributed by atoms with Crippen molar-refractivity contribution in [1.29, 1.82) is 0 Å². The molecule has 2 unspecified atom stereocenters. The van der Waals surface area contributed by atoms with Crippen molar-refractivity contribution in [2.24, 2.45) is 4.99 Å². The van der Waals surface area contributed by atoms with Crippen LogP contribution in [-0.2, 0) is 6.54 Å². The molecular formula is C22H38N6. The Hall–Kier alpha value is -1.63. The zero-order valence-corrected chi connectivity index (χ0v) is 17.9. The number of nitrogens with one attached hydrogen (secondary N) is 2. The average Bonchev–Trinajstić information content (AvgIpc) is 2.90. The van der Waals surface area contributed by atoms with Crippen molar-refractivity contribution in [1.82, 2.24) is 25.3 Å². The van der Waals surface area contributed by atoms with E-state index in [0.717, 1.165) is 38.6 Å². The van der Waals surface area contributed by atoms with Gasteiger partial charge in [-0.05, 0) is 45.5 Å². The van der Waals surface area contributed by atoms with Crippen molar-refractivity contribution in [3.8, 4) is 0 Å². The standard InChI is InChI=1S/C22H38N6/c1-19-16-21(18-28(19)17-20-8-5-4-6-9-20)25-22(23-2)24-10-13-27-12-7-11-26(3)14-15-27/h4-6,8-9,19,21H,7,10-18H2,1-3H3,(H2,23,24,25). The molecule has 0 bridgehead atoms. The number of likely N-dealkylation sites (tertiary alicyclic amines) is 1. The molecule has 28 heavy (non-hydrogen) atoms. The molecule has 2 heterocycles. The fourth-order valence-electron chi connectivity index (χ4n) is 4.29. The summed E-state index contributed by atoms with van der Waals surface area (Å²) in [5, 5.41) is 7.16. The zero-order valence-electron chi connectivity index (χ0n) is 17.9. The molecule has 2 aliphatic rings. The van der Waals surface area contributed by atoms with Crippen molar-refractivity contribution >= 4 is 5.96 Å². The molecule has 2 aliphatic heterocycles. The van der Waals surface area contributed by atoms with Gasteiger partial charge in [0, 0.05) is 58.4 Å². The van der Waals surface area contributed by atoms with E-state index >= 15 is 0 Å². The van der Waals surface area contributed by atoms with Gasteiger partial charge >= 0.3 is 0 Å². The van der Waals surface area contributed by atoms with E-state index in [9.17, 15) is 0 Å². The minimum Gasteiger partial charge on any atom is -0.355 e. The Morgan fingerprint density at radius 1 is 1.14 bits per heavy atom. The van der Waals surface area contributed by atoms with Crippen LogP contribution in [0.4, 0.5) is 0 Å². The lowest BCUT2D eigenvalue weighted by molar-refractivity contribution is 0.258. The monoisotopic (exact) mass is 386 g/mol. The minimum atomic E-state index is 0.455. The highest BCUT2D eigenvalue weighted by molar-refractivity contribution is 5.80. The molecule has 0 aliphatic carbocycles. The molecule has 2 fully saturated rings. The fourth-order valence-corrected chi connectivity index (χ4v) is 4.29. The first-order valence-electron chi connectivity index (χ1n) is 10.8. The van der Waals surface area contributed by atoms with E-state index in [2.05, 4.69) is 74.6 Å². The van der Waals surface area contributed by atoms with E-state index in [1.54, 1.807) is 0 Å². The summed E-state index contributed by atoms with van der Waals surface area (Å²) in [6, 6.07) is 11.8. The second kappa shape index (κ2) is 10.8. The van der Waals surface area contributed by atoms with Crippen molar-refractivity contribution in [2.75, 3.05) is 59.9 Å². The quantitative estimate of drug-likeness (QED) is 0.572. The largest absolute Gasteiger partial charge is 0.355 e. The molecule has 6 heteroatoms. The number of hydrogen-bond acceptors (Lipinski definition) is 4. The molecular weight excluding hydrogens is 348 g/mol. The summed E-state index contributed by atoms with van der Waals surface area (Å²) < 4.78 is 0. The maximum absolute atomic E-state index is 4.45. The average molecular weight is 387 g/mol. The maximum Gasteiger partial charge on any atom is 0.191 e. The van der Waals surface area contributed by atoms with Gasteiger partial charge in [-0.1, -0.05) is 30.3 Å². The SMILES string of the molecule is CN=C(NCCN1CCCN(C)CC1)NC1CC(C)N(Cc2ccccc2)C1. The first-order chi connectivity index (χ1) is 13.6. The van der Waals surface area contributed by atoms with Gasteiger partial charge in [0.2, 0.25) is 0 Å². The van der Waals surface area contributed by atoms with E-state index in [1.165, 1.54) is 38.2 Å². The molecule has 6 nitrogen and oxygen atoms in total. The first-order valence-corrected chi connectivity index (χ1v) is 10.8. The zero-order chi connectivity index (χ0) is 19.8. The number of benzene rings is 1. The molecule has 2 saturated heterocycles. The van der Waals surface area contributed by atoms with Crippen molar-refractivity contribution in [3.05, 3.63) is 35.9 Å². The number of rotatable bonds is 6. The van der Waals surface area contributed by atoms with Crippen LogP contribution in [0.15, 0.2) is 35.3 Å². The third kappa shape index (κ3) is 6.47. The molecule has 156 valence electrons. The summed E-state index contributed by atoms with van der Waals surface area (Å²) in [6.45, 7) is 11.2. The summed E-state index contributed by atoms with van der Waals surface area (Å²) in [5.41, 5.74) is 1.39. The topological polar surface area (TPSA) is 46.1 Å². The molecule has 1 aromatic carbocycles. The molecule has 3 rings (SSSR count). The van der Waals surface area contributed by atoms with Crippen LogP contribution in [0.3, 0.4) is 0 Å². The van der Waals surface area contributed by atoms with Gasteiger partial charge < -0.3 is 20.4 Å². The Kier molecular flexibility index (Phi) is 8.13. The summed E-state index contributed by atoms with van der Waals surface area (Å²) in [6.07, 6.45) is 2.42. The van der Waals surface area contributed by atoms with Gasteiger partial charge in [0.1, 0.15) is 0 Å². The van der Waals surface area contributed by atoms with Crippen LogP contribution in [-0.4, -0.2) is 92.7 Å². The highest BCUT2D eigenvalue weighted by Crippen LogP contribution is 2.20. The summed E-state index contributed by atoms with van der Waals surface area (Å²) in [7, 11) is 4.09. The van der Waals surface area contributed by atoms with Crippen molar-refractivity contribution in [2.45, 2.75) is 38.4 Å². The van der Waals surface area contributed by atoms with E-state index in [1.807, 2.05) is 7.05 Å². The van der Waals surface area contributed by atoms with Crippen LogP contribution in [0, 0.1) is 0 Å². The van der Waals surface area contributed by atoms with Gasteiger partial charge in [-0.25, -0.2) is 0 Å². The lowest BCUT2D eigenvalue weighted by Crippen LogP contribution is -2.46. The van der Waals surface area contributed by atoms with Crippen LogP contribution >= 0.6 is 0 Å². The smallest absolute Gasteiger partial charge is 0.191 e. The Bertz CT molecular complexity index is 604. The highest BCUT2D eigenvalue weighted by atomic mass is 15.3. The lowest BCUT2D eigenvalue weighted by Gasteiger charge is -2.22. The van der Waals surface area contributed by atoms with Gasteiger partial charge in [0.15, 0.2) is 5.96 Å². The van der Waals surface area contributed by atoms with Crippen molar-refractivity contribution < 1.29 is 0 Å². The second-order valence-electron chi connectivity index (χ2n) is 8.34. The van der Waals surface area contributed by atoms with E-state index < -0.39 is 0 Å². The van der Waals surface area contributed by atoms with Crippen LogP contribution in [0.1, 0.15) is 25.3 Å². The van der Waals surface area contributed by atoms with Gasteiger partial charge in [-0.2, -0.15) is 0 Å². The Morgan fingerprint density at radius 2 is 1.96 bits per heavy atom. The number of guanidine groups is 1. The van der Waals surface area contributed by atoms with Gasteiger partial charge in [-0.3, -0.25) is 9.89 Å². The maximum atomic E-state index is 4.45. The van der Waals surface area contributed by atoms with Crippen LogP contribution in [0.5, 0.6) is 0 Å². The highest BCUT2D eigenvalue weighted by Gasteiger charge is 2.29. The molecule has 0 spiro atoms. The van der Waals surface area contributed by atoms with Crippen LogP contribution < -0.4 is 10.6 Å². The van der Waals surface area contributed by atoms with Crippen LogP contribution in [0.25, 0.3) is 0 Å². The second-order valence-corrected chi connectivity index (χ2v) is 8.34. The number of hydrogen-bond donors (Lipinski definition) is 2. The van der Waals surface area contributed by atoms with E-state index in [-0.39, 0.29) is 0 Å². The predicted molar refractivity (Wildman–Crippen MR) is 118 cm³/mol. The molecule has 2 N–H and O–H groups in total. The Balaban J connectivity index is 1.39.